The average molecular weight is 337 g/mol. The summed E-state index contributed by atoms with van der Waals surface area (Å²) in [6, 6.07) is 3.78. The summed E-state index contributed by atoms with van der Waals surface area (Å²) in [6.07, 6.45) is -0.528. The second kappa shape index (κ2) is 7.17. The molecule has 2 amide bonds. The highest BCUT2D eigenvalue weighted by molar-refractivity contribution is 5.97. The van der Waals surface area contributed by atoms with Gasteiger partial charge in [-0.2, -0.15) is 0 Å². The summed E-state index contributed by atoms with van der Waals surface area (Å²) in [4.78, 5) is 26.2. The highest BCUT2D eigenvalue weighted by Crippen LogP contribution is 2.17. The molecule has 1 aliphatic heterocycles. The van der Waals surface area contributed by atoms with E-state index < -0.39 is 23.6 Å². The van der Waals surface area contributed by atoms with Crippen molar-refractivity contribution in [1.82, 2.24) is 10.2 Å². The summed E-state index contributed by atoms with van der Waals surface area (Å²) in [5, 5.41) is 5.74. The maximum atomic E-state index is 13.6. The number of ether oxygens (including phenoxy) is 1. The van der Waals surface area contributed by atoms with Crippen molar-refractivity contribution in [2.45, 2.75) is 39.3 Å². The van der Waals surface area contributed by atoms with Gasteiger partial charge in [0.25, 0.3) is 0 Å². The van der Waals surface area contributed by atoms with Crippen LogP contribution in [-0.4, -0.2) is 48.2 Å². The number of carbonyl (C=O) groups is 2. The summed E-state index contributed by atoms with van der Waals surface area (Å²) < 4.78 is 19.0. The molecule has 1 aromatic carbocycles. The van der Waals surface area contributed by atoms with Crippen molar-refractivity contribution in [3.05, 3.63) is 29.6 Å². The Hall–Kier alpha value is -2.15. The van der Waals surface area contributed by atoms with E-state index >= 15 is 0 Å². The summed E-state index contributed by atoms with van der Waals surface area (Å²) in [5.74, 6) is -0.769. The first-order valence-electron chi connectivity index (χ1n) is 7.95. The van der Waals surface area contributed by atoms with Crippen LogP contribution in [0.5, 0.6) is 0 Å². The second-order valence-corrected chi connectivity index (χ2v) is 6.85. The number of hydrogen-bond acceptors (Lipinski definition) is 4. The number of nitrogens with zero attached hydrogens (tertiary/aromatic N) is 1. The number of benzene rings is 1. The maximum Gasteiger partial charge on any atom is 0.411 e. The lowest BCUT2D eigenvalue weighted by molar-refractivity contribution is -0.121. The number of anilines is 1. The summed E-state index contributed by atoms with van der Waals surface area (Å²) in [6.45, 7) is 8.25. The fourth-order valence-corrected chi connectivity index (χ4v) is 2.37. The van der Waals surface area contributed by atoms with E-state index in [1.54, 1.807) is 39.8 Å². The zero-order valence-corrected chi connectivity index (χ0v) is 14.5. The summed E-state index contributed by atoms with van der Waals surface area (Å²) >= 11 is 0. The molecule has 1 aromatic rings. The van der Waals surface area contributed by atoms with E-state index in [-0.39, 0.29) is 5.91 Å². The lowest BCUT2D eigenvalue weighted by Gasteiger charge is -2.36. The Bertz CT molecular complexity index is 628. The van der Waals surface area contributed by atoms with Gasteiger partial charge in [0.2, 0.25) is 5.91 Å². The molecule has 2 rings (SSSR count). The van der Waals surface area contributed by atoms with E-state index in [4.69, 9.17) is 4.74 Å². The van der Waals surface area contributed by atoms with Crippen LogP contribution in [0.3, 0.4) is 0 Å². The van der Waals surface area contributed by atoms with Crippen LogP contribution in [0.15, 0.2) is 18.2 Å². The van der Waals surface area contributed by atoms with E-state index in [9.17, 15) is 14.0 Å². The van der Waals surface area contributed by atoms with Crippen molar-refractivity contribution in [3.8, 4) is 0 Å². The van der Waals surface area contributed by atoms with Gasteiger partial charge in [0.05, 0.1) is 0 Å². The molecule has 0 aromatic heterocycles. The molecular weight excluding hydrogens is 313 g/mol. The van der Waals surface area contributed by atoms with Crippen LogP contribution < -0.4 is 10.6 Å². The highest BCUT2D eigenvalue weighted by Gasteiger charge is 2.34. The van der Waals surface area contributed by atoms with Gasteiger partial charge in [0, 0.05) is 25.3 Å². The standard InChI is InChI=1S/C17H24FN3O3/c1-11-5-6-12(9-13(11)18)20-15(22)14-10-19-7-8-21(14)16(23)24-17(2,3)4/h5-6,9,14,19H,7-8,10H2,1-4H3,(H,20,22). The molecule has 1 heterocycles. The third kappa shape index (κ3) is 4.67. The monoisotopic (exact) mass is 337 g/mol. The predicted octanol–water partition coefficient (Wildman–Crippen LogP) is 2.28. The first-order chi connectivity index (χ1) is 11.2. The second-order valence-electron chi connectivity index (χ2n) is 6.85. The van der Waals surface area contributed by atoms with Crippen molar-refractivity contribution in [2.75, 3.05) is 25.0 Å². The molecule has 24 heavy (non-hydrogen) atoms. The van der Waals surface area contributed by atoms with Crippen LogP contribution in [-0.2, 0) is 9.53 Å². The molecule has 0 radical (unpaired) electrons. The number of nitrogens with one attached hydrogen (secondary N) is 2. The number of rotatable bonds is 2. The first-order valence-corrected chi connectivity index (χ1v) is 7.95. The van der Waals surface area contributed by atoms with Gasteiger partial charge in [0.1, 0.15) is 17.5 Å². The van der Waals surface area contributed by atoms with Crippen molar-refractivity contribution < 1.29 is 18.7 Å². The zero-order chi connectivity index (χ0) is 17.9. The van der Waals surface area contributed by atoms with Gasteiger partial charge >= 0.3 is 6.09 Å². The molecule has 1 atom stereocenters. The van der Waals surface area contributed by atoms with E-state index in [1.807, 2.05) is 0 Å². The van der Waals surface area contributed by atoms with E-state index in [0.29, 0.717) is 30.9 Å². The molecule has 0 aliphatic carbocycles. The molecule has 0 spiro atoms. The van der Waals surface area contributed by atoms with Crippen LogP contribution in [0.2, 0.25) is 0 Å². The van der Waals surface area contributed by atoms with Crippen molar-refractivity contribution in [1.29, 1.82) is 0 Å². The third-order valence-corrected chi connectivity index (χ3v) is 3.61. The normalized spacial score (nSPS) is 18.2. The summed E-state index contributed by atoms with van der Waals surface area (Å²) in [7, 11) is 0. The SMILES string of the molecule is Cc1ccc(NC(=O)C2CNCCN2C(=O)OC(C)(C)C)cc1F. The molecule has 1 unspecified atom stereocenters. The number of aryl methyl sites for hydroxylation is 1. The first kappa shape index (κ1) is 18.2. The third-order valence-electron chi connectivity index (χ3n) is 3.61. The van der Waals surface area contributed by atoms with Crippen molar-refractivity contribution in [2.24, 2.45) is 0 Å². The van der Waals surface area contributed by atoms with Gasteiger partial charge in [-0.3, -0.25) is 9.69 Å². The van der Waals surface area contributed by atoms with Gasteiger partial charge in [-0.15, -0.1) is 0 Å². The Morgan fingerprint density at radius 3 is 2.71 bits per heavy atom. The van der Waals surface area contributed by atoms with Crippen LogP contribution in [0.4, 0.5) is 14.9 Å². The number of piperazine rings is 1. The Kier molecular flexibility index (Phi) is 5.43. The molecule has 0 bridgehead atoms. The number of carbonyl (C=O) groups excluding carboxylic acids is 2. The Labute approximate surface area is 141 Å². The molecule has 0 saturated carbocycles. The fourth-order valence-electron chi connectivity index (χ4n) is 2.37. The quantitative estimate of drug-likeness (QED) is 0.869. The van der Waals surface area contributed by atoms with Crippen LogP contribution in [0.1, 0.15) is 26.3 Å². The molecule has 1 aliphatic rings. The number of amides is 2. The molecule has 7 heteroatoms. The minimum Gasteiger partial charge on any atom is -0.444 e. The Morgan fingerprint density at radius 2 is 2.08 bits per heavy atom. The van der Waals surface area contributed by atoms with Crippen molar-refractivity contribution in [3.63, 3.8) is 0 Å². The van der Waals surface area contributed by atoms with E-state index in [2.05, 4.69) is 10.6 Å². The zero-order valence-electron chi connectivity index (χ0n) is 14.5. The number of hydrogen-bond donors (Lipinski definition) is 2. The lowest BCUT2D eigenvalue weighted by atomic mass is 10.1. The minimum absolute atomic E-state index is 0.319. The minimum atomic E-state index is -0.710. The van der Waals surface area contributed by atoms with Gasteiger partial charge in [-0.25, -0.2) is 9.18 Å². The van der Waals surface area contributed by atoms with Gasteiger partial charge in [-0.1, -0.05) is 6.07 Å². The van der Waals surface area contributed by atoms with Gasteiger partial charge < -0.3 is 15.4 Å². The van der Waals surface area contributed by atoms with Gasteiger partial charge in [-0.05, 0) is 45.4 Å². The molecule has 1 fully saturated rings. The maximum absolute atomic E-state index is 13.6. The largest absolute Gasteiger partial charge is 0.444 e. The fraction of sp³-hybridized carbons (Fsp3) is 0.529. The molecule has 132 valence electrons. The van der Waals surface area contributed by atoms with Crippen LogP contribution in [0, 0.1) is 12.7 Å². The molecular formula is C17H24FN3O3. The Balaban J connectivity index is 2.09. The highest BCUT2D eigenvalue weighted by atomic mass is 19.1. The smallest absolute Gasteiger partial charge is 0.411 e. The molecule has 6 nitrogen and oxygen atoms in total. The van der Waals surface area contributed by atoms with Gasteiger partial charge in [0.15, 0.2) is 0 Å². The van der Waals surface area contributed by atoms with E-state index in [1.165, 1.54) is 11.0 Å². The molecule has 2 N–H and O–H groups in total. The summed E-state index contributed by atoms with van der Waals surface area (Å²) in [5.41, 5.74) is 0.226. The van der Waals surface area contributed by atoms with Crippen LogP contribution >= 0.6 is 0 Å². The average Bonchev–Trinajstić information content (AvgIpc) is 2.49. The van der Waals surface area contributed by atoms with E-state index in [0.717, 1.165) is 0 Å². The van der Waals surface area contributed by atoms with Crippen LogP contribution in [0.25, 0.3) is 0 Å². The predicted molar refractivity (Wildman–Crippen MR) is 89.4 cm³/mol. The number of halogens is 1. The topological polar surface area (TPSA) is 70.7 Å². The lowest BCUT2D eigenvalue weighted by Crippen LogP contribution is -2.59. The Morgan fingerprint density at radius 1 is 1.38 bits per heavy atom. The van der Waals surface area contributed by atoms with Crippen molar-refractivity contribution >= 4 is 17.7 Å². The molecule has 1 saturated heterocycles.